The van der Waals surface area contributed by atoms with E-state index in [4.69, 9.17) is 4.74 Å². The monoisotopic (exact) mass is 200 g/mol. The fourth-order valence-corrected chi connectivity index (χ4v) is 1.85. The van der Waals surface area contributed by atoms with Crippen molar-refractivity contribution < 1.29 is 9.84 Å². The second-order valence-electron chi connectivity index (χ2n) is 5.19. The van der Waals surface area contributed by atoms with Crippen LogP contribution in [0.1, 0.15) is 52.4 Å². The van der Waals surface area contributed by atoms with Crippen molar-refractivity contribution in [2.45, 2.75) is 64.1 Å². The van der Waals surface area contributed by atoms with E-state index in [1.165, 1.54) is 19.3 Å². The molecule has 0 spiro atoms. The van der Waals surface area contributed by atoms with Crippen molar-refractivity contribution in [3.63, 3.8) is 0 Å². The highest BCUT2D eigenvalue weighted by Gasteiger charge is 2.23. The summed E-state index contributed by atoms with van der Waals surface area (Å²) < 4.78 is 5.32. The van der Waals surface area contributed by atoms with Gasteiger partial charge in [0.1, 0.15) is 0 Å². The molecule has 1 unspecified atom stereocenters. The molecule has 1 atom stereocenters. The zero-order valence-electron chi connectivity index (χ0n) is 9.75. The predicted octanol–water partition coefficient (Wildman–Crippen LogP) is 2.74. The second kappa shape index (κ2) is 5.13. The van der Waals surface area contributed by atoms with Crippen LogP contribution in [0, 0.1) is 5.92 Å². The van der Waals surface area contributed by atoms with Crippen LogP contribution in [-0.4, -0.2) is 23.9 Å². The van der Waals surface area contributed by atoms with Gasteiger partial charge in [-0.2, -0.15) is 0 Å². The first-order valence-electron chi connectivity index (χ1n) is 5.77. The van der Waals surface area contributed by atoms with Crippen molar-refractivity contribution in [1.29, 1.82) is 0 Å². The van der Waals surface area contributed by atoms with Crippen molar-refractivity contribution in [2.24, 2.45) is 5.92 Å². The Kier molecular flexibility index (Phi) is 4.39. The quantitative estimate of drug-likeness (QED) is 0.714. The lowest BCUT2D eigenvalue weighted by molar-refractivity contribution is -0.000820. The number of methoxy groups -OCH3 is 1. The smallest absolute Gasteiger partial charge is 0.0623 e. The highest BCUT2D eigenvalue weighted by Crippen LogP contribution is 2.31. The maximum absolute atomic E-state index is 9.79. The SMILES string of the molecule is COC(C)(C)CCC(O)CC1CCC1. The van der Waals surface area contributed by atoms with Gasteiger partial charge in [0.15, 0.2) is 0 Å². The van der Waals surface area contributed by atoms with Gasteiger partial charge in [0.25, 0.3) is 0 Å². The Bertz CT molecular complexity index is 162. The molecule has 1 aliphatic rings. The lowest BCUT2D eigenvalue weighted by Gasteiger charge is -2.29. The van der Waals surface area contributed by atoms with Gasteiger partial charge in [-0.1, -0.05) is 19.3 Å². The summed E-state index contributed by atoms with van der Waals surface area (Å²) in [4.78, 5) is 0. The first-order valence-corrected chi connectivity index (χ1v) is 5.77. The van der Waals surface area contributed by atoms with Gasteiger partial charge in [0, 0.05) is 7.11 Å². The van der Waals surface area contributed by atoms with E-state index in [0.717, 1.165) is 25.2 Å². The first kappa shape index (κ1) is 12.0. The number of aliphatic hydroxyl groups is 1. The van der Waals surface area contributed by atoms with Crippen LogP contribution in [-0.2, 0) is 4.74 Å². The Balaban J connectivity index is 2.10. The summed E-state index contributed by atoms with van der Waals surface area (Å²) in [7, 11) is 1.73. The third kappa shape index (κ3) is 3.97. The van der Waals surface area contributed by atoms with Gasteiger partial charge >= 0.3 is 0 Å². The van der Waals surface area contributed by atoms with Crippen molar-refractivity contribution in [2.75, 3.05) is 7.11 Å². The lowest BCUT2D eigenvalue weighted by atomic mass is 9.80. The molecule has 0 bridgehead atoms. The van der Waals surface area contributed by atoms with E-state index in [1.54, 1.807) is 7.11 Å². The van der Waals surface area contributed by atoms with E-state index >= 15 is 0 Å². The fourth-order valence-electron chi connectivity index (χ4n) is 1.85. The van der Waals surface area contributed by atoms with Crippen LogP contribution >= 0.6 is 0 Å². The molecule has 2 nitrogen and oxygen atoms in total. The number of hydrogen-bond donors (Lipinski definition) is 1. The Labute approximate surface area is 87.7 Å². The normalized spacial score (nSPS) is 20.6. The average Bonchev–Trinajstić information content (AvgIpc) is 2.08. The predicted molar refractivity (Wildman–Crippen MR) is 58.3 cm³/mol. The molecule has 1 saturated carbocycles. The van der Waals surface area contributed by atoms with Crippen molar-refractivity contribution in [3.05, 3.63) is 0 Å². The van der Waals surface area contributed by atoms with E-state index in [1.807, 2.05) is 0 Å². The molecule has 0 aromatic heterocycles. The number of aliphatic hydroxyl groups excluding tert-OH is 1. The second-order valence-corrected chi connectivity index (χ2v) is 5.19. The maximum Gasteiger partial charge on any atom is 0.0623 e. The standard InChI is InChI=1S/C12H24O2/c1-12(2,14-3)8-7-11(13)9-10-5-4-6-10/h10-11,13H,4-9H2,1-3H3. The average molecular weight is 200 g/mol. The molecule has 1 N–H and O–H groups in total. The summed E-state index contributed by atoms with van der Waals surface area (Å²) in [6, 6.07) is 0. The molecule has 0 radical (unpaired) electrons. The summed E-state index contributed by atoms with van der Waals surface area (Å²) in [6.07, 6.45) is 6.71. The fraction of sp³-hybridized carbons (Fsp3) is 1.00. The summed E-state index contributed by atoms with van der Waals surface area (Å²) in [5, 5.41) is 9.79. The highest BCUT2D eigenvalue weighted by molar-refractivity contribution is 4.75. The van der Waals surface area contributed by atoms with Gasteiger partial charge in [-0.3, -0.25) is 0 Å². The molecule has 1 fully saturated rings. The molecular formula is C12H24O2. The molecule has 84 valence electrons. The lowest BCUT2D eigenvalue weighted by Crippen LogP contribution is -2.26. The Morgan fingerprint density at radius 1 is 1.43 bits per heavy atom. The van der Waals surface area contributed by atoms with Crippen molar-refractivity contribution in [3.8, 4) is 0 Å². The van der Waals surface area contributed by atoms with Crippen LogP contribution in [0.2, 0.25) is 0 Å². The van der Waals surface area contributed by atoms with E-state index in [2.05, 4.69) is 13.8 Å². The van der Waals surface area contributed by atoms with Crippen LogP contribution in [0.3, 0.4) is 0 Å². The summed E-state index contributed by atoms with van der Waals surface area (Å²) in [5.74, 6) is 0.802. The van der Waals surface area contributed by atoms with Gasteiger partial charge < -0.3 is 9.84 Å². The first-order chi connectivity index (χ1) is 6.53. The largest absolute Gasteiger partial charge is 0.393 e. The van der Waals surface area contributed by atoms with E-state index in [0.29, 0.717) is 0 Å². The molecule has 0 saturated heterocycles. The van der Waals surface area contributed by atoms with Crippen LogP contribution in [0.15, 0.2) is 0 Å². The Morgan fingerprint density at radius 3 is 2.50 bits per heavy atom. The number of hydrogen-bond acceptors (Lipinski definition) is 2. The molecule has 2 heteroatoms. The molecule has 1 rings (SSSR count). The van der Waals surface area contributed by atoms with Crippen LogP contribution in [0.5, 0.6) is 0 Å². The number of ether oxygens (including phenoxy) is 1. The molecule has 1 aliphatic carbocycles. The van der Waals surface area contributed by atoms with Crippen LogP contribution < -0.4 is 0 Å². The minimum Gasteiger partial charge on any atom is -0.393 e. The molecule has 0 aliphatic heterocycles. The van der Waals surface area contributed by atoms with Crippen molar-refractivity contribution in [1.82, 2.24) is 0 Å². The van der Waals surface area contributed by atoms with Crippen LogP contribution in [0.4, 0.5) is 0 Å². The van der Waals surface area contributed by atoms with Gasteiger partial charge in [0.2, 0.25) is 0 Å². The summed E-state index contributed by atoms with van der Waals surface area (Å²) >= 11 is 0. The molecule has 14 heavy (non-hydrogen) atoms. The summed E-state index contributed by atoms with van der Waals surface area (Å²) in [5.41, 5.74) is -0.0827. The minimum absolute atomic E-state index is 0.0827. The molecule has 0 aromatic carbocycles. The van der Waals surface area contributed by atoms with E-state index in [-0.39, 0.29) is 11.7 Å². The molecular weight excluding hydrogens is 176 g/mol. The number of rotatable bonds is 6. The third-order valence-corrected chi connectivity index (χ3v) is 3.46. The Morgan fingerprint density at radius 2 is 2.07 bits per heavy atom. The van der Waals surface area contributed by atoms with Gasteiger partial charge in [0.05, 0.1) is 11.7 Å². The van der Waals surface area contributed by atoms with E-state index < -0.39 is 0 Å². The third-order valence-electron chi connectivity index (χ3n) is 3.46. The highest BCUT2D eigenvalue weighted by atomic mass is 16.5. The van der Waals surface area contributed by atoms with E-state index in [9.17, 15) is 5.11 Å². The zero-order chi connectivity index (χ0) is 10.6. The minimum atomic E-state index is -0.116. The van der Waals surface area contributed by atoms with Crippen LogP contribution in [0.25, 0.3) is 0 Å². The van der Waals surface area contributed by atoms with Gasteiger partial charge in [-0.15, -0.1) is 0 Å². The van der Waals surface area contributed by atoms with Gasteiger partial charge in [-0.25, -0.2) is 0 Å². The molecule has 0 heterocycles. The van der Waals surface area contributed by atoms with Crippen molar-refractivity contribution >= 4 is 0 Å². The molecule has 0 amide bonds. The Hall–Kier alpha value is -0.0800. The molecule has 0 aromatic rings. The zero-order valence-corrected chi connectivity index (χ0v) is 9.75. The van der Waals surface area contributed by atoms with Gasteiger partial charge in [-0.05, 0) is 39.0 Å². The topological polar surface area (TPSA) is 29.5 Å². The maximum atomic E-state index is 9.79. The summed E-state index contributed by atoms with van der Waals surface area (Å²) in [6.45, 7) is 4.14.